The maximum atomic E-state index is 6.29. The number of rotatable bonds is 5. The van der Waals surface area contributed by atoms with E-state index in [1.54, 1.807) is 0 Å². The number of halogens is 3. The summed E-state index contributed by atoms with van der Waals surface area (Å²) in [6, 6.07) is 8.95. The van der Waals surface area contributed by atoms with Crippen molar-refractivity contribution in [2.24, 2.45) is 0 Å². The highest BCUT2D eigenvalue weighted by Crippen LogP contribution is 2.39. The van der Waals surface area contributed by atoms with Crippen molar-refractivity contribution in [1.29, 1.82) is 0 Å². The van der Waals surface area contributed by atoms with Crippen molar-refractivity contribution in [2.45, 2.75) is 31.1 Å². The van der Waals surface area contributed by atoms with E-state index in [0.717, 1.165) is 16.6 Å². The minimum atomic E-state index is -1.27. The Balaban J connectivity index is 3.20. The van der Waals surface area contributed by atoms with Crippen molar-refractivity contribution < 1.29 is 0 Å². The second kappa shape index (κ2) is 5.97. The topological polar surface area (TPSA) is 0 Å². The average molecular weight is 310 g/mol. The first-order valence-electron chi connectivity index (χ1n) is 5.72. The highest BCUT2D eigenvalue weighted by atomic mass is 35.5. The van der Waals surface area contributed by atoms with Crippen molar-refractivity contribution >= 4 is 42.9 Å². The van der Waals surface area contributed by atoms with Crippen LogP contribution in [0.5, 0.6) is 0 Å². The van der Waals surface area contributed by atoms with E-state index in [4.69, 9.17) is 34.8 Å². The third kappa shape index (κ3) is 3.89. The fourth-order valence-corrected chi connectivity index (χ4v) is 6.16. The lowest BCUT2D eigenvalue weighted by molar-refractivity contribution is 0.595. The smallest absolute Gasteiger partial charge is 0.0452 e. The van der Waals surface area contributed by atoms with Crippen LogP contribution in [0.25, 0.3) is 0 Å². The first-order valence-corrected chi connectivity index (χ1v) is 10.9. The van der Waals surface area contributed by atoms with Crippen LogP contribution in [-0.2, 0) is 5.41 Å². The fraction of sp³-hybridized carbons (Fsp3) is 0.538. The van der Waals surface area contributed by atoms with Gasteiger partial charge in [-0.05, 0) is 17.7 Å². The highest BCUT2D eigenvalue weighted by molar-refractivity contribution is 6.76. The van der Waals surface area contributed by atoms with Crippen LogP contribution in [0.15, 0.2) is 24.3 Å². The van der Waals surface area contributed by atoms with Crippen LogP contribution in [-0.4, -0.2) is 19.8 Å². The van der Waals surface area contributed by atoms with Gasteiger partial charge in [-0.25, -0.2) is 0 Å². The summed E-state index contributed by atoms with van der Waals surface area (Å²) < 4.78 is 0. The van der Waals surface area contributed by atoms with Crippen LogP contribution >= 0.6 is 34.8 Å². The molecule has 0 aliphatic heterocycles. The van der Waals surface area contributed by atoms with Gasteiger partial charge < -0.3 is 0 Å². The van der Waals surface area contributed by atoms with Crippen molar-refractivity contribution in [3.63, 3.8) is 0 Å². The van der Waals surface area contributed by atoms with Gasteiger partial charge in [0.25, 0.3) is 0 Å². The third-order valence-electron chi connectivity index (χ3n) is 2.83. The van der Waals surface area contributed by atoms with Gasteiger partial charge >= 0.3 is 0 Å². The summed E-state index contributed by atoms with van der Waals surface area (Å²) >= 11 is 18.7. The van der Waals surface area contributed by atoms with Gasteiger partial charge in [0.05, 0.1) is 0 Å². The van der Waals surface area contributed by atoms with Crippen LogP contribution in [0, 0.1) is 0 Å². The predicted molar refractivity (Wildman–Crippen MR) is 82.7 cm³/mol. The van der Waals surface area contributed by atoms with Gasteiger partial charge in [-0.15, -0.1) is 23.2 Å². The Morgan fingerprint density at radius 2 is 1.59 bits per heavy atom. The molecule has 0 nitrogen and oxygen atoms in total. The molecule has 0 aromatic heterocycles. The molecular weight excluding hydrogens is 291 g/mol. The molecule has 0 bridgehead atoms. The summed E-state index contributed by atoms with van der Waals surface area (Å²) in [5.41, 5.74) is 0.903. The zero-order valence-corrected chi connectivity index (χ0v) is 13.8. The molecule has 4 heteroatoms. The molecule has 0 saturated heterocycles. The normalized spacial score (nSPS) is 12.8. The van der Waals surface area contributed by atoms with Crippen LogP contribution in [0.3, 0.4) is 0 Å². The summed E-state index contributed by atoms with van der Waals surface area (Å²) in [6.45, 7) is 6.99. The molecule has 17 heavy (non-hydrogen) atoms. The minimum Gasteiger partial charge on any atom is -0.126 e. The summed E-state index contributed by atoms with van der Waals surface area (Å²) in [5, 5.41) is 0.770. The van der Waals surface area contributed by atoms with Gasteiger partial charge in [-0.1, -0.05) is 49.4 Å². The molecule has 0 unspecified atom stereocenters. The number of hydrogen-bond donors (Lipinski definition) is 0. The first-order chi connectivity index (χ1) is 7.84. The Morgan fingerprint density at radius 3 is 2.00 bits per heavy atom. The Kier molecular flexibility index (Phi) is 5.39. The van der Waals surface area contributed by atoms with Crippen molar-refractivity contribution in [3.05, 3.63) is 34.9 Å². The Morgan fingerprint density at radius 1 is 1.06 bits per heavy atom. The highest BCUT2D eigenvalue weighted by Gasteiger charge is 2.37. The molecule has 1 aromatic carbocycles. The van der Waals surface area contributed by atoms with E-state index >= 15 is 0 Å². The van der Waals surface area contributed by atoms with E-state index in [1.165, 1.54) is 0 Å². The van der Waals surface area contributed by atoms with Crippen LogP contribution in [0.4, 0.5) is 0 Å². The Bertz CT molecular complexity index is 367. The Labute approximate surface area is 120 Å². The van der Waals surface area contributed by atoms with Crippen LogP contribution < -0.4 is 0 Å². The zero-order valence-electron chi connectivity index (χ0n) is 10.6. The van der Waals surface area contributed by atoms with Crippen LogP contribution in [0.1, 0.15) is 5.56 Å². The maximum absolute atomic E-state index is 6.29. The molecule has 0 atom stereocenters. The van der Waals surface area contributed by atoms with E-state index in [0.29, 0.717) is 11.8 Å². The molecule has 0 aliphatic rings. The second-order valence-corrected chi connectivity index (χ2v) is 12.2. The largest absolute Gasteiger partial charge is 0.126 e. The van der Waals surface area contributed by atoms with E-state index < -0.39 is 8.07 Å². The van der Waals surface area contributed by atoms with Crippen molar-refractivity contribution in [3.8, 4) is 0 Å². The molecule has 1 rings (SSSR count). The molecule has 0 amide bonds. The molecule has 1 aromatic rings. The van der Waals surface area contributed by atoms with Gasteiger partial charge in [-0.2, -0.15) is 0 Å². The number of benzene rings is 1. The lowest BCUT2D eigenvalue weighted by Crippen LogP contribution is -2.39. The Hall–Kier alpha value is 0.307. The van der Waals surface area contributed by atoms with Gasteiger partial charge in [0.15, 0.2) is 0 Å². The lowest BCUT2D eigenvalue weighted by Gasteiger charge is -2.36. The molecular formula is C13H19Cl3Si. The van der Waals surface area contributed by atoms with E-state index in [9.17, 15) is 0 Å². The standard InChI is InChI=1S/C13H19Cl3Si/c1-17(2,3)10-13(8-14,9-15)11-6-4-5-7-12(11)16/h4-7H,8-10H2,1-3H3. The summed E-state index contributed by atoms with van der Waals surface area (Å²) in [5.74, 6) is 1.04. The first kappa shape index (κ1) is 15.4. The minimum absolute atomic E-state index is 0.189. The molecule has 0 spiro atoms. The molecule has 0 aliphatic carbocycles. The maximum Gasteiger partial charge on any atom is 0.0452 e. The molecule has 0 heterocycles. The number of hydrogen-bond acceptors (Lipinski definition) is 0. The fourth-order valence-electron chi connectivity index (χ4n) is 2.28. The van der Waals surface area contributed by atoms with Gasteiger partial charge in [-0.3, -0.25) is 0 Å². The van der Waals surface area contributed by atoms with Gasteiger partial charge in [0.1, 0.15) is 0 Å². The van der Waals surface area contributed by atoms with Crippen molar-refractivity contribution in [1.82, 2.24) is 0 Å². The predicted octanol–water partition coefficient (Wildman–Crippen LogP) is 5.39. The average Bonchev–Trinajstić information content (AvgIpc) is 2.25. The zero-order chi connectivity index (χ0) is 13.1. The SMILES string of the molecule is C[Si](C)(C)CC(CCl)(CCl)c1ccccc1Cl. The van der Waals surface area contributed by atoms with E-state index in [1.807, 2.05) is 24.3 Å². The van der Waals surface area contributed by atoms with Crippen LogP contribution in [0.2, 0.25) is 30.7 Å². The van der Waals surface area contributed by atoms with E-state index in [2.05, 4.69) is 19.6 Å². The monoisotopic (exact) mass is 308 g/mol. The number of alkyl halides is 2. The quantitative estimate of drug-likeness (QED) is 0.505. The molecule has 0 radical (unpaired) electrons. The second-order valence-electron chi connectivity index (χ2n) is 5.76. The van der Waals surface area contributed by atoms with Gasteiger partial charge in [0, 0.05) is 30.3 Å². The molecule has 96 valence electrons. The molecule has 0 N–H and O–H groups in total. The summed E-state index contributed by atoms with van der Waals surface area (Å²) in [6.07, 6.45) is 0. The summed E-state index contributed by atoms with van der Waals surface area (Å²) in [7, 11) is -1.27. The van der Waals surface area contributed by atoms with Gasteiger partial charge in [0.2, 0.25) is 0 Å². The summed E-state index contributed by atoms with van der Waals surface area (Å²) in [4.78, 5) is 0. The van der Waals surface area contributed by atoms with E-state index in [-0.39, 0.29) is 5.41 Å². The molecule has 0 fully saturated rings. The van der Waals surface area contributed by atoms with Crippen molar-refractivity contribution in [2.75, 3.05) is 11.8 Å². The lowest BCUT2D eigenvalue weighted by atomic mass is 9.86. The third-order valence-corrected chi connectivity index (χ3v) is 5.92. The molecule has 0 saturated carbocycles.